The van der Waals surface area contributed by atoms with E-state index < -0.39 is 6.10 Å². The van der Waals surface area contributed by atoms with E-state index in [0.717, 1.165) is 28.7 Å². The van der Waals surface area contributed by atoms with Crippen LogP contribution in [0.5, 0.6) is 11.5 Å². The molecule has 0 fully saturated rings. The molecule has 0 aliphatic heterocycles. The van der Waals surface area contributed by atoms with E-state index in [-0.39, 0.29) is 17.6 Å². The summed E-state index contributed by atoms with van der Waals surface area (Å²) >= 11 is 0. The van der Waals surface area contributed by atoms with Crippen LogP contribution in [0.3, 0.4) is 0 Å². The minimum absolute atomic E-state index is 0.0849. The third-order valence-electron chi connectivity index (χ3n) is 4.89. The van der Waals surface area contributed by atoms with Gasteiger partial charge in [0.1, 0.15) is 5.75 Å². The molecule has 1 heterocycles. The topological polar surface area (TPSA) is 74.3 Å². The summed E-state index contributed by atoms with van der Waals surface area (Å²) in [6.07, 6.45) is 0.0828. The van der Waals surface area contributed by atoms with Crippen LogP contribution >= 0.6 is 0 Å². The molecule has 0 aliphatic carbocycles. The zero-order valence-electron chi connectivity index (χ0n) is 16.8. The van der Waals surface area contributed by atoms with Crippen LogP contribution in [-0.4, -0.2) is 22.2 Å². The number of pyridine rings is 1. The highest BCUT2D eigenvalue weighted by molar-refractivity contribution is 5.88. The normalized spacial score (nSPS) is 13.6. The summed E-state index contributed by atoms with van der Waals surface area (Å²) < 4.78 is 6.10. The molecule has 2 unspecified atom stereocenters. The molecule has 3 N–H and O–H groups in total. The predicted octanol–water partition coefficient (Wildman–Crippen LogP) is 4.44. The number of hydrogen-bond donors (Lipinski definition) is 3. The van der Waals surface area contributed by atoms with E-state index in [1.165, 1.54) is 6.07 Å². The highest BCUT2D eigenvalue weighted by Gasteiger charge is 2.23. The molecule has 28 heavy (non-hydrogen) atoms. The van der Waals surface area contributed by atoms with E-state index >= 15 is 0 Å². The number of aliphatic hydroxyl groups is 1. The first kappa shape index (κ1) is 20.1. The summed E-state index contributed by atoms with van der Waals surface area (Å²) in [7, 11) is 0. The van der Waals surface area contributed by atoms with Gasteiger partial charge in [-0.3, -0.25) is 4.79 Å². The molecule has 0 radical (unpaired) electrons. The van der Waals surface area contributed by atoms with Crippen molar-refractivity contribution in [3.63, 3.8) is 0 Å². The molecular formula is C23H28N2O3. The van der Waals surface area contributed by atoms with Crippen LogP contribution in [-0.2, 0) is 0 Å². The van der Waals surface area contributed by atoms with Gasteiger partial charge in [-0.05, 0) is 42.7 Å². The van der Waals surface area contributed by atoms with Gasteiger partial charge in [0.15, 0.2) is 5.75 Å². The van der Waals surface area contributed by atoms with Crippen molar-refractivity contribution >= 4 is 10.9 Å². The first-order valence-corrected chi connectivity index (χ1v) is 9.74. The fourth-order valence-electron chi connectivity index (χ4n) is 3.46. The van der Waals surface area contributed by atoms with Gasteiger partial charge in [0.25, 0.3) is 0 Å². The number of nitrogens with one attached hydrogen (secondary N) is 2. The van der Waals surface area contributed by atoms with Gasteiger partial charge >= 0.3 is 0 Å². The van der Waals surface area contributed by atoms with E-state index in [1.54, 1.807) is 6.07 Å². The van der Waals surface area contributed by atoms with Crippen molar-refractivity contribution in [2.75, 3.05) is 0 Å². The van der Waals surface area contributed by atoms with Crippen LogP contribution < -0.4 is 15.6 Å². The van der Waals surface area contributed by atoms with E-state index in [1.807, 2.05) is 50.2 Å². The number of aliphatic hydroxyl groups excluding tert-OH is 1. The summed E-state index contributed by atoms with van der Waals surface area (Å²) in [5.41, 5.74) is 2.15. The maximum Gasteiger partial charge on any atom is 0.248 e. The number of fused-ring (bicyclic) bond motifs is 1. The highest BCUT2D eigenvalue weighted by atomic mass is 16.5. The number of aryl methyl sites for hydroxylation is 1. The van der Waals surface area contributed by atoms with Gasteiger partial charge in [-0.2, -0.15) is 0 Å². The Morgan fingerprint density at radius 1 is 1.07 bits per heavy atom. The average Bonchev–Trinajstić information content (AvgIpc) is 2.67. The lowest BCUT2D eigenvalue weighted by Gasteiger charge is -2.26. The van der Waals surface area contributed by atoms with Crippen molar-refractivity contribution in [1.82, 2.24) is 10.3 Å². The summed E-state index contributed by atoms with van der Waals surface area (Å²) in [5, 5.41) is 15.2. The predicted molar refractivity (Wildman–Crippen MR) is 113 cm³/mol. The Morgan fingerprint density at radius 3 is 2.50 bits per heavy atom. The van der Waals surface area contributed by atoms with Crippen LogP contribution in [0.15, 0.2) is 53.3 Å². The number of aromatic amines is 1. The molecule has 3 aromatic rings. The molecule has 5 nitrogen and oxygen atoms in total. The van der Waals surface area contributed by atoms with Crippen molar-refractivity contribution in [2.45, 2.75) is 52.3 Å². The number of hydrogen-bond acceptors (Lipinski definition) is 4. The standard InChI is InChI=1S/C23H28N2O3/c1-5-18(24-14(2)3)23(27)17-10-12-20(22-16(17)11-13-21(26)25-22)28-19-9-7-6-8-15(19)4/h6-14,18,23-24,27H,5H2,1-4H3,(H,25,26). The summed E-state index contributed by atoms with van der Waals surface area (Å²) in [4.78, 5) is 14.9. The number of H-pyrrole nitrogens is 1. The molecule has 148 valence electrons. The molecule has 1 aromatic heterocycles. The molecule has 2 atom stereocenters. The lowest BCUT2D eigenvalue weighted by molar-refractivity contribution is 0.123. The molecule has 5 heteroatoms. The summed E-state index contributed by atoms with van der Waals surface area (Å²) in [6.45, 7) is 8.14. The Bertz CT molecular complexity index is 1010. The Balaban J connectivity index is 2.08. The SMILES string of the molecule is CCC(NC(C)C)C(O)c1ccc(Oc2ccccc2C)c2[nH]c(=O)ccc12. The van der Waals surface area contributed by atoms with E-state index in [2.05, 4.69) is 24.1 Å². The lowest BCUT2D eigenvalue weighted by atomic mass is 9.95. The monoisotopic (exact) mass is 380 g/mol. The molecule has 0 saturated heterocycles. The van der Waals surface area contributed by atoms with Gasteiger partial charge in [-0.15, -0.1) is 0 Å². The first-order chi connectivity index (χ1) is 13.4. The molecular weight excluding hydrogens is 352 g/mol. The summed E-state index contributed by atoms with van der Waals surface area (Å²) in [5.74, 6) is 1.29. The van der Waals surface area contributed by atoms with Gasteiger partial charge < -0.3 is 20.1 Å². The average molecular weight is 380 g/mol. The number of aromatic nitrogens is 1. The zero-order chi connectivity index (χ0) is 20.3. The fraction of sp³-hybridized carbons (Fsp3) is 0.348. The number of para-hydroxylation sites is 1. The third kappa shape index (κ3) is 4.26. The maximum absolute atomic E-state index is 12.0. The van der Waals surface area contributed by atoms with Gasteiger partial charge in [-0.25, -0.2) is 0 Å². The van der Waals surface area contributed by atoms with Gasteiger partial charge in [-0.1, -0.05) is 45.0 Å². The largest absolute Gasteiger partial charge is 0.455 e. The van der Waals surface area contributed by atoms with Gasteiger partial charge in [0, 0.05) is 23.5 Å². The second kappa shape index (κ2) is 8.59. The maximum atomic E-state index is 12.0. The molecule has 0 amide bonds. The van der Waals surface area contributed by atoms with E-state index in [9.17, 15) is 9.90 Å². The van der Waals surface area contributed by atoms with Crippen LogP contribution in [0, 0.1) is 6.92 Å². The zero-order valence-corrected chi connectivity index (χ0v) is 16.8. The van der Waals surface area contributed by atoms with Crippen LogP contribution in [0.25, 0.3) is 10.9 Å². The van der Waals surface area contributed by atoms with E-state index in [4.69, 9.17) is 4.74 Å². The van der Waals surface area contributed by atoms with Crippen LogP contribution in [0.1, 0.15) is 44.4 Å². The fourth-order valence-corrected chi connectivity index (χ4v) is 3.46. The molecule has 0 spiro atoms. The second-order valence-corrected chi connectivity index (χ2v) is 7.41. The first-order valence-electron chi connectivity index (χ1n) is 9.74. The Hall–Kier alpha value is -2.63. The minimum atomic E-state index is -0.701. The quantitative estimate of drug-likeness (QED) is 0.566. The van der Waals surface area contributed by atoms with E-state index in [0.29, 0.717) is 11.3 Å². The molecule has 0 bridgehead atoms. The molecule has 3 rings (SSSR count). The smallest absolute Gasteiger partial charge is 0.248 e. The number of rotatable bonds is 7. The Morgan fingerprint density at radius 2 is 1.82 bits per heavy atom. The van der Waals surface area contributed by atoms with Crippen molar-refractivity contribution in [3.05, 3.63) is 70.0 Å². The van der Waals surface area contributed by atoms with Crippen molar-refractivity contribution in [2.24, 2.45) is 0 Å². The van der Waals surface area contributed by atoms with Crippen molar-refractivity contribution in [1.29, 1.82) is 0 Å². The number of benzene rings is 2. The summed E-state index contributed by atoms with van der Waals surface area (Å²) in [6, 6.07) is 14.8. The van der Waals surface area contributed by atoms with Gasteiger partial charge in [0.05, 0.1) is 11.6 Å². The molecule has 0 saturated carbocycles. The second-order valence-electron chi connectivity index (χ2n) is 7.41. The Kier molecular flexibility index (Phi) is 6.17. The van der Waals surface area contributed by atoms with Crippen LogP contribution in [0.2, 0.25) is 0 Å². The van der Waals surface area contributed by atoms with Crippen molar-refractivity contribution < 1.29 is 9.84 Å². The number of ether oxygens (including phenoxy) is 1. The van der Waals surface area contributed by atoms with Gasteiger partial charge in [0.2, 0.25) is 5.56 Å². The van der Waals surface area contributed by atoms with Crippen molar-refractivity contribution in [3.8, 4) is 11.5 Å². The molecule has 0 aliphatic rings. The minimum Gasteiger partial charge on any atom is -0.455 e. The Labute approximate surface area is 165 Å². The lowest BCUT2D eigenvalue weighted by Crippen LogP contribution is -2.39. The van der Waals surface area contributed by atoms with Crippen LogP contribution in [0.4, 0.5) is 0 Å². The highest BCUT2D eigenvalue weighted by Crippen LogP contribution is 2.34. The molecule has 2 aromatic carbocycles. The third-order valence-corrected chi connectivity index (χ3v) is 4.89.